The Morgan fingerprint density at radius 3 is 2.48 bits per heavy atom. The molecule has 1 aromatic heterocycles. The van der Waals surface area contributed by atoms with Crippen molar-refractivity contribution in [3.05, 3.63) is 87.6 Å². The van der Waals surface area contributed by atoms with Crippen molar-refractivity contribution in [1.29, 1.82) is 0 Å². The lowest BCUT2D eigenvalue weighted by Gasteiger charge is -2.09. The van der Waals surface area contributed by atoms with Crippen molar-refractivity contribution in [2.75, 3.05) is 5.32 Å². The minimum Gasteiger partial charge on any atom is -0.380 e. The van der Waals surface area contributed by atoms with Gasteiger partial charge in [-0.25, -0.2) is 0 Å². The quantitative estimate of drug-likeness (QED) is 0.483. The molecule has 25 heavy (non-hydrogen) atoms. The zero-order valence-corrected chi connectivity index (χ0v) is 13.3. The van der Waals surface area contributed by atoms with Crippen LogP contribution >= 0.6 is 0 Å². The largest absolute Gasteiger partial charge is 0.380 e. The summed E-state index contributed by atoms with van der Waals surface area (Å²) in [6, 6.07) is 18.6. The van der Waals surface area contributed by atoms with E-state index in [9.17, 15) is 9.59 Å². The van der Waals surface area contributed by atoms with Crippen LogP contribution in [0.5, 0.6) is 0 Å². The van der Waals surface area contributed by atoms with E-state index in [2.05, 4.69) is 10.3 Å². The van der Waals surface area contributed by atoms with Crippen LogP contribution in [0.1, 0.15) is 21.5 Å². The van der Waals surface area contributed by atoms with Crippen LogP contribution in [0, 0.1) is 0 Å². The fraction of sp³-hybridized carbons (Fsp3) is 0.0476. The van der Waals surface area contributed by atoms with Crippen LogP contribution in [0.15, 0.2) is 65.5 Å². The van der Waals surface area contributed by atoms with Crippen molar-refractivity contribution >= 4 is 33.3 Å². The van der Waals surface area contributed by atoms with Crippen molar-refractivity contribution in [2.45, 2.75) is 6.54 Å². The molecule has 1 aliphatic rings. The van der Waals surface area contributed by atoms with E-state index in [4.69, 9.17) is 0 Å². The molecule has 0 radical (unpaired) electrons. The van der Waals surface area contributed by atoms with Gasteiger partial charge in [-0.15, -0.1) is 0 Å². The molecule has 0 atom stereocenters. The van der Waals surface area contributed by atoms with Gasteiger partial charge in [0.1, 0.15) is 0 Å². The number of carbonyl (C=O) groups is 1. The third-order valence-electron chi connectivity index (χ3n) is 4.81. The van der Waals surface area contributed by atoms with Crippen molar-refractivity contribution in [3.8, 4) is 0 Å². The summed E-state index contributed by atoms with van der Waals surface area (Å²) < 4.78 is 0. The number of anilines is 1. The van der Waals surface area contributed by atoms with Crippen molar-refractivity contribution < 1.29 is 4.79 Å². The molecule has 0 aliphatic carbocycles. The van der Waals surface area contributed by atoms with Gasteiger partial charge in [0.15, 0.2) is 11.2 Å². The summed E-state index contributed by atoms with van der Waals surface area (Å²) in [5.41, 5.74) is 4.41. The van der Waals surface area contributed by atoms with Crippen molar-refractivity contribution in [3.63, 3.8) is 0 Å². The minimum absolute atomic E-state index is 0.0126. The number of carbonyl (C=O) groups excluding carboxylic acids is 1. The monoisotopic (exact) mass is 326 g/mol. The van der Waals surface area contributed by atoms with Crippen LogP contribution in [0.3, 0.4) is 0 Å². The van der Waals surface area contributed by atoms with Crippen molar-refractivity contribution in [2.24, 2.45) is 0 Å². The molecular weight excluding hydrogens is 312 g/mol. The van der Waals surface area contributed by atoms with Gasteiger partial charge in [0, 0.05) is 39.6 Å². The maximum atomic E-state index is 13.0. The van der Waals surface area contributed by atoms with E-state index in [1.807, 2.05) is 60.7 Å². The molecule has 0 saturated carbocycles. The Balaban J connectivity index is 1.84. The van der Waals surface area contributed by atoms with Crippen LogP contribution in [0.25, 0.3) is 21.8 Å². The molecule has 0 saturated heterocycles. The maximum absolute atomic E-state index is 13.0. The zero-order chi connectivity index (χ0) is 17.0. The highest BCUT2D eigenvalue weighted by Gasteiger charge is 2.22. The van der Waals surface area contributed by atoms with E-state index in [1.54, 1.807) is 0 Å². The van der Waals surface area contributed by atoms with Crippen LogP contribution in [-0.4, -0.2) is 10.8 Å². The molecule has 5 rings (SSSR count). The predicted molar refractivity (Wildman–Crippen MR) is 99.3 cm³/mol. The van der Waals surface area contributed by atoms with E-state index < -0.39 is 0 Å². The molecule has 0 spiro atoms. The number of aromatic nitrogens is 1. The molecule has 0 bridgehead atoms. The Morgan fingerprint density at radius 1 is 0.760 bits per heavy atom. The maximum Gasteiger partial charge on any atom is 0.197 e. The lowest BCUT2D eigenvalue weighted by molar-refractivity contribution is 0.103. The Bertz CT molecular complexity index is 1240. The average Bonchev–Trinajstić information content (AvgIpc) is 2.78. The number of rotatable bonds is 0. The van der Waals surface area contributed by atoms with E-state index >= 15 is 0 Å². The number of hydrogen-bond donors (Lipinski definition) is 2. The molecule has 4 nitrogen and oxygen atoms in total. The highest BCUT2D eigenvalue weighted by molar-refractivity contribution is 6.15. The van der Waals surface area contributed by atoms with E-state index in [1.165, 1.54) is 0 Å². The average molecular weight is 326 g/mol. The number of benzene rings is 3. The molecule has 2 N–H and O–H groups in total. The molecule has 0 amide bonds. The van der Waals surface area contributed by atoms with Crippen LogP contribution < -0.4 is 10.7 Å². The fourth-order valence-electron chi connectivity index (χ4n) is 3.54. The van der Waals surface area contributed by atoms with E-state index in [0.717, 1.165) is 16.8 Å². The number of fused-ring (bicyclic) bond motifs is 4. The van der Waals surface area contributed by atoms with Gasteiger partial charge in [0.2, 0.25) is 0 Å². The Labute approximate surface area is 143 Å². The standard InChI is InChI=1S/C21H14N2O2/c24-20-13-5-1-3-7-17(13)22-11-12-9-16-19(10-15(12)20)23-18-8-4-2-6-14(18)21(16)25/h1-10,22H,11H2,(H,23,25). The zero-order valence-electron chi connectivity index (χ0n) is 13.3. The predicted octanol–water partition coefficient (Wildman–Crippen LogP) is 3.84. The summed E-state index contributed by atoms with van der Waals surface area (Å²) in [5.74, 6) is -0.0218. The second-order valence-electron chi connectivity index (χ2n) is 6.28. The summed E-state index contributed by atoms with van der Waals surface area (Å²) in [4.78, 5) is 29.1. The summed E-state index contributed by atoms with van der Waals surface area (Å²) in [7, 11) is 0. The Hall–Kier alpha value is -3.40. The topological polar surface area (TPSA) is 62.0 Å². The third-order valence-corrected chi connectivity index (χ3v) is 4.81. The molecule has 2 heterocycles. The molecule has 0 unspecified atom stereocenters. The highest BCUT2D eigenvalue weighted by atomic mass is 16.1. The van der Waals surface area contributed by atoms with Gasteiger partial charge >= 0.3 is 0 Å². The first-order valence-electron chi connectivity index (χ1n) is 8.17. The number of nitrogens with one attached hydrogen (secondary N) is 2. The smallest absolute Gasteiger partial charge is 0.197 e. The third kappa shape index (κ3) is 2.01. The van der Waals surface area contributed by atoms with Crippen molar-refractivity contribution in [1.82, 2.24) is 4.98 Å². The van der Waals surface area contributed by atoms with Gasteiger partial charge in [-0.2, -0.15) is 0 Å². The van der Waals surface area contributed by atoms with E-state index in [-0.39, 0.29) is 11.2 Å². The summed E-state index contributed by atoms with van der Waals surface area (Å²) in [6.07, 6.45) is 0. The number of ketones is 1. The molecule has 0 fully saturated rings. The van der Waals surface area contributed by atoms with Crippen LogP contribution in [0.4, 0.5) is 5.69 Å². The van der Waals surface area contributed by atoms with Gasteiger partial charge in [0.25, 0.3) is 0 Å². The first kappa shape index (κ1) is 14.0. The minimum atomic E-state index is -0.0218. The second kappa shape index (κ2) is 5.05. The first-order chi connectivity index (χ1) is 12.2. The number of hydrogen-bond acceptors (Lipinski definition) is 3. The van der Waals surface area contributed by atoms with Gasteiger partial charge < -0.3 is 10.3 Å². The van der Waals surface area contributed by atoms with Gasteiger partial charge in [-0.3, -0.25) is 9.59 Å². The van der Waals surface area contributed by atoms with Gasteiger partial charge in [-0.05, 0) is 42.0 Å². The van der Waals surface area contributed by atoms with Crippen LogP contribution in [0.2, 0.25) is 0 Å². The molecular formula is C21H14N2O2. The highest BCUT2D eigenvalue weighted by Crippen LogP contribution is 2.28. The second-order valence-corrected chi connectivity index (χ2v) is 6.28. The SMILES string of the molecule is O=C1c2cc3[nH]c4ccccc4c(=O)c3cc2CNc2ccccc21. The van der Waals surface area contributed by atoms with Gasteiger partial charge in [-0.1, -0.05) is 24.3 Å². The molecule has 120 valence electrons. The fourth-order valence-corrected chi connectivity index (χ4v) is 3.54. The Morgan fingerprint density at radius 2 is 1.56 bits per heavy atom. The lowest BCUT2D eigenvalue weighted by atomic mass is 9.96. The number of para-hydroxylation sites is 2. The summed E-state index contributed by atoms with van der Waals surface area (Å²) in [5, 5.41) is 4.57. The molecule has 1 aliphatic heterocycles. The Kier molecular flexibility index (Phi) is 2.82. The normalized spacial score (nSPS) is 13.2. The molecule has 3 aromatic carbocycles. The molecule has 4 heteroatoms. The van der Waals surface area contributed by atoms with E-state index in [0.29, 0.717) is 34.0 Å². The lowest BCUT2D eigenvalue weighted by Crippen LogP contribution is -2.09. The summed E-state index contributed by atoms with van der Waals surface area (Å²) in [6.45, 7) is 0.514. The summed E-state index contributed by atoms with van der Waals surface area (Å²) >= 11 is 0. The first-order valence-corrected chi connectivity index (χ1v) is 8.17. The van der Waals surface area contributed by atoms with Crippen LogP contribution in [-0.2, 0) is 6.54 Å². The van der Waals surface area contributed by atoms with Gasteiger partial charge in [0.05, 0.1) is 5.52 Å². The number of aromatic amines is 1. The number of H-pyrrole nitrogens is 1. The molecule has 4 aromatic rings. The number of pyridine rings is 1.